The molecule has 1 saturated carbocycles. The van der Waals surface area contributed by atoms with Crippen LogP contribution >= 0.6 is 0 Å². The van der Waals surface area contributed by atoms with Gasteiger partial charge in [0.25, 0.3) is 5.91 Å². The van der Waals surface area contributed by atoms with Crippen LogP contribution in [0.15, 0.2) is 42.7 Å². The summed E-state index contributed by atoms with van der Waals surface area (Å²) in [5.41, 5.74) is 3.40. The molecule has 1 unspecified atom stereocenters. The molecule has 5 nitrogen and oxygen atoms in total. The van der Waals surface area contributed by atoms with Gasteiger partial charge >= 0.3 is 0 Å². The summed E-state index contributed by atoms with van der Waals surface area (Å²) >= 11 is 0. The number of hydrogen-bond donors (Lipinski definition) is 1. The predicted molar refractivity (Wildman–Crippen MR) is 98.9 cm³/mol. The van der Waals surface area contributed by atoms with Gasteiger partial charge in [-0.15, -0.1) is 0 Å². The highest BCUT2D eigenvalue weighted by Crippen LogP contribution is 2.42. The second kappa shape index (κ2) is 6.31. The first kappa shape index (κ1) is 15.8. The number of aromatic nitrogens is 3. The van der Waals surface area contributed by atoms with Crippen molar-refractivity contribution < 1.29 is 4.79 Å². The number of pyridine rings is 1. The van der Waals surface area contributed by atoms with Crippen LogP contribution in [-0.2, 0) is 0 Å². The minimum absolute atomic E-state index is 0.103. The summed E-state index contributed by atoms with van der Waals surface area (Å²) in [7, 11) is 0. The van der Waals surface area contributed by atoms with Crippen molar-refractivity contribution in [2.75, 3.05) is 5.32 Å². The normalized spacial score (nSPS) is 15.3. The number of nitrogens with one attached hydrogen (secondary N) is 1. The lowest BCUT2D eigenvalue weighted by Gasteiger charge is -2.14. The monoisotopic (exact) mass is 334 g/mol. The maximum absolute atomic E-state index is 12.8. The fourth-order valence-corrected chi connectivity index (χ4v) is 3.17. The summed E-state index contributed by atoms with van der Waals surface area (Å²) in [5, 5.41) is 8.50. The van der Waals surface area contributed by atoms with Gasteiger partial charge in [0.15, 0.2) is 0 Å². The number of rotatable bonds is 5. The Morgan fingerprint density at radius 3 is 2.88 bits per heavy atom. The van der Waals surface area contributed by atoms with Gasteiger partial charge in [0.1, 0.15) is 0 Å². The first-order valence-electron chi connectivity index (χ1n) is 8.91. The van der Waals surface area contributed by atoms with Gasteiger partial charge in [0.05, 0.1) is 34.9 Å². The van der Waals surface area contributed by atoms with E-state index in [-0.39, 0.29) is 5.91 Å². The molecule has 25 heavy (non-hydrogen) atoms. The minimum atomic E-state index is -0.103. The number of carbonyl (C=O) groups is 1. The first-order chi connectivity index (χ1) is 12.2. The maximum Gasteiger partial charge on any atom is 0.259 e. The van der Waals surface area contributed by atoms with Crippen LogP contribution in [0.2, 0.25) is 0 Å². The molecule has 4 rings (SSSR count). The second-order valence-electron chi connectivity index (χ2n) is 6.79. The number of para-hydroxylation sites is 1. The van der Waals surface area contributed by atoms with Crippen LogP contribution < -0.4 is 5.32 Å². The van der Waals surface area contributed by atoms with Crippen molar-refractivity contribution in [1.29, 1.82) is 0 Å². The average molecular weight is 334 g/mol. The Morgan fingerprint density at radius 2 is 2.12 bits per heavy atom. The highest BCUT2D eigenvalue weighted by atomic mass is 16.1. The van der Waals surface area contributed by atoms with Crippen molar-refractivity contribution in [3.63, 3.8) is 0 Å². The number of amides is 1. The number of anilines is 1. The molecule has 1 atom stereocenters. The Balaban J connectivity index is 1.63. The maximum atomic E-state index is 12.8. The quantitative estimate of drug-likeness (QED) is 0.745. The second-order valence-corrected chi connectivity index (χ2v) is 6.79. The van der Waals surface area contributed by atoms with E-state index in [1.54, 1.807) is 12.4 Å². The fourth-order valence-electron chi connectivity index (χ4n) is 3.17. The van der Waals surface area contributed by atoms with E-state index < -0.39 is 0 Å². The van der Waals surface area contributed by atoms with E-state index >= 15 is 0 Å². The van der Waals surface area contributed by atoms with Crippen LogP contribution in [0.25, 0.3) is 10.9 Å². The smallest absolute Gasteiger partial charge is 0.259 e. The molecule has 1 amide bonds. The Kier molecular flexibility index (Phi) is 3.99. The standard InChI is InChI=1S/C20H22N4O/c1-3-13(2)24-19(14-8-9-14)17(12-22-24)20(25)23-16-10-15-6-4-5-7-18(15)21-11-16/h4-7,10-14H,3,8-9H2,1-2H3,(H,23,25). The molecular weight excluding hydrogens is 312 g/mol. The number of fused-ring (bicyclic) bond motifs is 1. The molecule has 5 heteroatoms. The van der Waals surface area contributed by atoms with Crippen LogP contribution in [0.1, 0.15) is 61.1 Å². The molecule has 1 aliphatic rings. The number of benzene rings is 1. The number of hydrogen-bond acceptors (Lipinski definition) is 3. The lowest BCUT2D eigenvalue weighted by Crippen LogP contribution is -2.16. The van der Waals surface area contributed by atoms with E-state index in [4.69, 9.17) is 0 Å². The van der Waals surface area contributed by atoms with Crippen LogP contribution in [-0.4, -0.2) is 20.7 Å². The van der Waals surface area contributed by atoms with Crippen molar-refractivity contribution in [2.24, 2.45) is 0 Å². The molecule has 0 bridgehead atoms. The third-order valence-corrected chi connectivity index (χ3v) is 4.90. The predicted octanol–water partition coefficient (Wildman–Crippen LogP) is 4.53. The summed E-state index contributed by atoms with van der Waals surface area (Å²) in [6.07, 6.45) is 6.69. The Hall–Kier alpha value is -2.69. The summed E-state index contributed by atoms with van der Waals surface area (Å²) in [6.45, 7) is 4.29. The Bertz CT molecular complexity index is 926. The lowest BCUT2D eigenvalue weighted by molar-refractivity contribution is 0.102. The van der Waals surface area contributed by atoms with Crippen molar-refractivity contribution in [2.45, 2.75) is 45.1 Å². The molecule has 1 fully saturated rings. The minimum Gasteiger partial charge on any atom is -0.320 e. The summed E-state index contributed by atoms with van der Waals surface area (Å²) in [5.74, 6) is 0.362. The zero-order valence-electron chi connectivity index (χ0n) is 14.6. The molecule has 1 N–H and O–H groups in total. The van der Waals surface area contributed by atoms with Gasteiger partial charge in [0, 0.05) is 17.3 Å². The van der Waals surface area contributed by atoms with Gasteiger partial charge < -0.3 is 5.32 Å². The van der Waals surface area contributed by atoms with Crippen molar-refractivity contribution in [1.82, 2.24) is 14.8 Å². The largest absolute Gasteiger partial charge is 0.320 e. The topological polar surface area (TPSA) is 59.8 Å². The molecular formula is C20H22N4O. The molecule has 3 aromatic rings. The SMILES string of the molecule is CCC(C)n1ncc(C(=O)Nc2cnc3ccccc3c2)c1C1CC1. The average Bonchev–Trinajstić information content (AvgIpc) is 3.38. The third kappa shape index (κ3) is 3.02. The van der Waals surface area contributed by atoms with E-state index in [0.29, 0.717) is 23.2 Å². The molecule has 128 valence electrons. The van der Waals surface area contributed by atoms with Gasteiger partial charge in [-0.05, 0) is 38.3 Å². The highest BCUT2D eigenvalue weighted by Gasteiger charge is 2.33. The molecule has 1 aliphatic carbocycles. The van der Waals surface area contributed by atoms with Crippen molar-refractivity contribution >= 4 is 22.5 Å². The van der Waals surface area contributed by atoms with Crippen LogP contribution in [0.5, 0.6) is 0 Å². The Labute approximate surface area is 147 Å². The first-order valence-corrected chi connectivity index (χ1v) is 8.91. The highest BCUT2D eigenvalue weighted by molar-refractivity contribution is 6.05. The summed E-state index contributed by atoms with van der Waals surface area (Å²) < 4.78 is 2.03. The van der Waals surface area contributed by atoms with Crippen LogP contribution in [0, 0.1) is 0 Å². The Morgan fingerprint density at radius 1 is 1.32 bits per heavy atom. The lowest BCUT2D eigenvalue weighted by atomic mass is 10.1. The summed E-state index contributed by atoms with van der Waals surface area (Å²) in [4.78, 5) is 17.2. The van der Waals surface area contributed by atoms with Crippen molar-refractivity contribution in [3.8, 4) is 0 Å². The third-order valence-electron chi connectivity index (χ3n) is 4.90. The van der Waals surface area contributed by atoms with Gasteiger partial charge in [-0.25, -0.2) is 0 Å². The van der Waals surface area contributed by atoms with E-state index in [2.05, 4.69) is 29.2 Å². The van der Waals surface area contributed by atoms with Gasteiger partial charge in [-0.1, -0.05) is 25.1 Å². The van der Waals surface area contributed by atoms with Gasteiger partial charge in [-0.2, -0.15) is 5.10 Å². The summed E-state index contributed by atoms with van der Waals surface area (Å²) in [6, 6.07) is 10.1. The molecule has 2 aromatic heterocycles. The van der Waals surface area contributed by atoms with Gasteiger partial charge in [0.2, 0.25) is 0 Å². The zero-order chi connectivity index (χ0) is 17.4. The zero-order valence-corrected chi connectivity index (χ0v) is 14.6. The van der Waals surface area contributed by atoms with E-state index in [0.717, 1.165) is 35.9 Å². The number of nitrogens with zero attached hydrogens (tertiary/aromatic N) is 3. The van der Waals surface area contributed by atoms with Crippen LogP contribution in [0.3, 0.4) is 0 Å². The van der Waals surface area contributed by atoms with Gasteiger partial charge in [-0.3, -0.25) is 14.5 Å². The fraction of sp³-hybridized carbons (Fsp3) is 0.350. The molecule has 0 radical (unpaired) electrons. The molecule has 0 spiro atoms. The van der Waals surface area contributed by atoms with Crippen molar-refractivity contribution in [3.05, 3.63) is 54.0 Å². The van der Waals surface area contributed by atoms with E-state index in [1.807, 2.05) is 35.0 Å². The van der Waals surface area contributed by atoms with Crippen LogP contribution in [0.4, 0.5) is 5.69 Å². The molecule has 0 aliphatic heterocycles. The molecule has 2 heterocycles. The number of carbonyl (C=O) groups excluding carboxylic acids is 1. The molecule has 1 aromatic carbocycles. The van der Waals surface area contributed by atoms with E-state index in [1.165, 1.54) is 0 Å². The molecule has 0 saturated heterocycles. The van der Waals surface area contributed by atoms with E-state index in [9.17, 15) is 4.79 Å².